The van der Waals surface area contributed by atoms with E-state index in [1.807, 2.05) is 26.8 Å². The molecule has 3 heterocycles. The summed E-state index contributed by atoms with van der Waals surface area (Å²) in [5, 5.41) is 17.2. The second kappa shape index (κ2) is 10.1. The van der Waals surface area contributed by atoms with Crippen LogP contribution < -0.4 is 10.6 Å². The monoisotopic (exact) mass is 460 g/mol. The number of anilines is 2. The molecule has 1 aliphatic rings. The highest BCUT2D eigenvalue weighted by atomic mass is 16.5. The number of fused-ring (bicyclic) bond motifs is 1. The first-order valence-electron chi connectivity index (χ1n) is 11.6. The quantitative estimate of drug-likeness (QED) is 0.490. The van der Waals surface area contributed by atoms with Crippen LogP contribution in [0.4, 0.5) is 11.4 Å². The molecule has 0 aliphatic carbocycles. The third-order valence-electron chi connectivity index (χ3n) is 6.44. The smallest absolute Gasteiger partial charge is 0.356 e. The lowest BCUT2D eigenvalue weighted by Crippen LogP contribution is -2.39. The Bertz CT molecular complexity index is 1000. The zero-order valence-electron chi connectivity index (χ0n) is 20.4. The molecule has 2 aromatic rings. The molecule has 3 atom stereocenters. The number of hydrogen-bond donors (Lipinski definition) is 3. The van der Waals surface area contributed by atoms with E-state index in [4.69, 9.17) is 9.47 Å². The van der Waals surface area contributed by atoms with Gasteiger partial charge in [0.05, 0.1) is 49.0 Å². The van der Waals surface area contributed by atoms with Gasteiger partial charge in [0.25, 0.3) is 0 Å². The van der Waals surface area contributed by atoms with Crippen molar-refractivity contribution in [3.8, 4) is 0 Å². The summed E-state index contributed by atoms with van der Waals surface area (Å²) in [4.78, 5) is 30.4. The van der Waals surface area contributed by atoms with E-state index in [0.717, 1.165) is 12.8 Å². The van der Waals surface area contributed by atoms with E-state index in [2.05, 4.69) is 15.6 Å². The van der Waals surface area contributed by atoms with Crippen LogP contribution in [0.1, 0.15) is 64.4 Å². The van der Waals surface area contributed by atoms with Crippen molar-refractivity contribution in [1.29, 1.82) is 0 Å². The minimum absolute atomic E-state index is 0.0445. The van der Waals surface area contributed by atoms with Crippen LogP contribution in [-0.2, 0) is 20.8 Å². The van der Waals surface area contributed by atoms with Gasteiger partial charge in [-0.05, 0) is 46.1 Å². The zero-order chi connectivity index (χ0) is 24.3. The molecule has 9 heteroatoms. The average Bonchev–Trinajstić information content (AvgIpc) is 3.38. The Morgan fingerprint density at radius 3 is 2.70 bits per heavy atom. The maximum absolute atomic E-state index is 12.9. The fraction of sp³-hybridized carbons (Fsp3) is 0.625. The second-order valence-electron chi connectivity index (χ2n) is 9.37. The van der Waals surface area contributed by atoms with Crippen molar-refractivity contribution in [2.24, 2.45) is 5.92 Å². The number of esters is 1. The number of ether oxygens (including phenoxy) is 2. The number of methoxy groups -OCH3 is 1. The fourth-order valence-corrected chi connectivity index (χ4v) is 3.77. The molecule has 0 saturated carbocycles. The van der Waals surface area contributed by atoms with Crippen molar-refractivity contribution < 1.29 is 24.2 Å². The number of carbonyl (C=O) groups excluding carboxylic acids is 2. The van der Waals surface area contributed by atoms with E-state index in [1.54, 1.807) is 24.6 Å². The number of nitrogens with zero attached hydrogens (tertiary/aromatic N) is 2. The average molecular weight is 461 g/mol. The Balaban J connectivity index is 2.15. The third kappa shape index (κ3) is 5.47. The van der Waals surface area contributed by atoms with Gasteiger partial charge in [-0.1, -0.05) is 13.8 Å². The number of amides is 1. The summed E-state index contributed by atoms with van der Waals surface area (Å²) in [6.07, 6.45) is 4.14. The van der Waals surface area contributed by atoms with Gasteiger partial charge >= 0.3 is 5.97 Å². The van der Waals surface area contributed by atoms with Crippen molar-refractivity contribution >= 4 is 34.3 Å². The number of aromatic nitrogens is 2. The molecule has 0 bridgehead atoms. The summed E-state index contributed by atoms with van der Waals surface area (Å²) < 4.78 is 12.7. The SMILES string of the molecule is CCC(C)C(=O)Nc1c(C(=O)OC)n(CC2CCCO2)c2ncc(NC(C)C(C)(C)O)cc12. The number of pyridine rings is 1. The highest BCUT2D eigenvalue weighted by molar-refractivity contribution is 6.11. The summed E-state index contributed by atoms with van der Waals surface area (Å²) >= 11 is 0. The normalized spacial score (nSPS) is 18.2. The molecule has 0 aromatic carbocycles. The molecule has 1 amide bonds. The Labute approximate surface area is 194 Å². The molecule has 1 saturated heterocycles. The van der Waals surface area contributed by atoms with Gasteiger partial charge in [0.2, 0.25) is 5.91 Å². The van der Waals surface area contributed by atoms with Crippen LogP contribution in [0, 0.1) is 5.92 Å². The number of aliphatic hydroxyl groups is 1. The minimum atomic E-state index is -0.953. The predicted octanol–water partition coefficient (Wildman–Crippen LogP) is 3.56. The van der Waals surface area contributed by atoms with Gasteiger partial charge < -0.3 is 29.8 Å². The predicted molar refractivity (Wildman–Crippen MR) is 128 cm³/mol. The first-order chi connectivity index (χ1) is 15.6. The van der Waals surface area contributed by atoms with Crippen molar-refractivity contribution in [2.45, 2.75) is 78.2 Å². The Morgan fingerprint density at radius 2 is 2.12 bits per heavy atom. The Kier molecular flexibility index (Phi) is 7.64. The molecule has 1 aliphatic heterocycles. The fourth-order valence-electron chi connectivity index (χ4n) is 3.77. The molecule has 1 fully saturated rings. The highest BCUT2D eigenvalue weighted by Gasteiger charge is 2.30. The van der Waals surface area contributed by atoms with Crippen LogP contribution in [0.3, 0.4) is 0 Å². The van der Waals surface area contributed by atoms with Crippen LogP contribution in [0.2, 0.25) is 0 Å². The second-order valence-corrected chi connectivity index (χ2v) is 9.37. The van der Waals surface area contributed by atoms with Crippen molar-refractivity contribution in [2.75, 3.05) is 24.4 Å². The highest BCUT2D eigenvalue weighted by Crippen LogP contribution is 2.34. The summed E-state index contributed by atoms with van der Waals surface area (Å²) in [6.45, 7) is 10.2. The minimum Gasteiger partial charge on any atom is -0.464 e. The van der Waals surface area contributed by atoms with E-state index in [-0.39, 0.29) is 29.7 Å². The topological polar surface area (TPSA) is 115 Å². The summed E-state index contributed by atoms with van der Waals surface area (Å²) in [6, 6.07) is 1.58. The van der Waals surface area contributed by atoms with Gasteiger partial charge in [-0.2, -0.15) is 0 Å². The lowest BCUT2D eigenvalue weighted by molar-refractivity contribution is -0.119. The zero-order valence-corrected chi connectivity index (χ0v) is 20.4. The molecule has 3 unspecified atom stereocenters. The molecular formula is C24H36N4O5. The van der Waals surface area contributed by atoms with Crippen LogP contribution in [0.15, 0.2) is 12.3 Å². The standard InChI is InChI=1S/C24H36N4O5/c1-7-14(2)22(29)27-19-18-11-16(26-15(3)24(4,5)31)12-25-21(18)28(20(19)23(30)32-6)13-17-9-8-10-33-17/h11-12,14-15,17,26,31H,7-10,13H2,1-6H3,(H,27,29). The van der Waals surface area contributed by atoms with Crippen LogP contribution in [0.5, 0.6) is 0 Å². The lowest BCUT2D eigenvalue weighted by atomic mass is 10.0. The van der Waals surface area contributed by atoms with Gasteiger partial charge in [0.1, 0.15) is 5.65 Å². The maximum Gasteiger partial charge on any atom is 0.356 e. The number of rotatable bonds is 9. The molecule has 0 spiro atoms. The van der Waals surface area contributed by atoms with Crippen LogP contribution in [-0.4, -0.2) is 58.0 Å². The number of nitrogens with one attached hydrogen (secondary N) is 2. The van der Waals surface area contributed by atoms with Gasteiger partial charge in [0, 0.05) is 17.9 Å². The van der Waals surface area contributed by atoms with E-state index in [0.29, 0.717) is 42.0 Å². The van der Waals surface area contributed by atoms with Crippen molar-refractivity contribution in [1.82, 2.24) is 9.55 Å². The van der Waals surface area contributed by atoms with Gasteiger partial charge in [-0.3, -0.25) is 4.79 Å². The van der Waals surface area contributed by atoms with E-state index in [1.165, 1.54) is 7.11 Å². The van der Waals surface area contributed by atoms with E-state index in [9.17, 15) is 14.7 Å². The molecule has 33 heavy (non-hydrogen) atoms. The molecular weight excluding hydrogens is 424 g/mol. The molecule has 0 radical (unpaired) electrons. The van der Waals surface area contributed by atoms with E-state index >= 15 is 0 Å². The van der Waals surface area contributed by atoms with Crippen molar-refractivity contribution in [3.63, 3.8) is 0 Å². The largest absolute Gasteiger partial charge is 0.464 e. The van der Waals surface area contributed by atoms with Crippen LogP contribution in [0.25, 0.3) is 11.0 Å². The number of hydrogen-bond acceptors (Lipinski definition) is 7. The maximum atomic E-state index is 12.9. The molecule has 3 rings (SSSR count). The van der Waals surface area contributed by atoms with E-state index < -0.39 is 11.6 Å². The Hall–Kier alpha value is -2.65. The third-order valence-corrected chi connectivity index (χ3v) is 6.44. The summed E-state index contributed by atoms with van der Waals surface area (Å²) in [5.74, 6) is -0.955. The molecule has 182 valence electrons. The first kappa shape index (κ1) is 25.0. The first-order valence-corrected chi connectivity index (χ1v) is 11.6. The lowest BCUT2D eigenvalue weighted by Gasteiger charge is -2.27. The molecule has 3 N–H and O–H groups in total. The van der Waals surface area contributed by atoms with Gasteiger partial charge in [0.15, 0.2) is 5.69 Å². The summed E-state index contributed by atoms with van der Waals surface area (Å²) in [7, 11) is 1.32. The van der Waals surface area contributed by atoms with Crippen LogP contribution >= 0.6 is 0 Å². The van der Waals surface area contributed by atoms with Gasteiger partial charge in [-0.25, -0.2) is 9.78 Å². The Morgan fingerprint density at radius 1 is 1.39 bits per heavy atom. The van der Waals surface area contributed by atoms with Crippen molar-refractivity contribution in [3.05, 3.63) is 18.0 Å². The van der Waals surface area contributed by atoms with Gasteiger partial charge in [-0.15, -0.1) is 0 Å². The number of carbonyl (C=O) groups is 2. The molecule has 2 aromatic heterocycles. The molecule has 9 nitrogen and oxygen atoms in total. The summed E-state index contributed by atoms with van der Waals surface area (Å²) in [5.41, 5.74) is 0.909.